The summed E-state index contributed by atoms with van der Waals surface area (Å²) in [5.74, 6) is -2.88. The Kier molecular flexibility index (Phi) is 13.9. The lowest BCUT2D eigenvalue weighted by Crippen LogP contribution is -2.63. The zero-order valence-electron chi connectivity index (χ0n) is 27.4. The van der Waals surface area contributed by atoms with Gasteiger partial charge in [-0.3, -0.25) is 19.2 Å². The molecule has 0 aliphatic carbocycles. The van der Waals surface area contributed by atoms with E-state index in [4.69, 9.17) is 48.2 Å². The van der Waals surface area contributed by atoms with E-state index in [1.807, 2.05) is 60.7 Å². The smallest absolute Gasteiger partial charge is 0.305 e. The van der Waals surface area contributed by atoms with E-state index >= 15 is 0 Å². The molecule has 2 aliphatic rings. The van der Waals surface area contributed by atoms with Gasteiger partial charge >= 0.3 is 23.9 Å². The summed E-state index contributed by atoms with van der Waals surface area (Å²) in [6, 6.07) is 18.4. The molecule has 0 aromatic heterocycles. The number of nitrogens with zero attached hydrogens (tertiary/aromatic N) is 3. The molecular formula is C33H39N3O13. The number of hydrogen-bond donors (Lipinski definition) is 0. The van der Waals surface area contributed by atoms with Crippen LogP contribution in [0, 0.1) is 0 Å². The van der Waals surface area contributed by atoms with Gasteiger partial charge in [-0.05, 0) is 16.7 Å². The Labute approximate surface area is 282 Å². The first-order chi connectivity index (χ1) is 23.5. The standard InChI is InChI=1S/C33H39N3O13/c1-19(37)43-28-26(18-41-16-23-11-7-5-8-12-23)48-32(30(29(28)44-20(2)38)42-17-24-13-9-6-10-14-24)49-27-25(15-35-36-34)47-33(46-22(4)40)31(27)45-21(3)39/h5-14,25-33H,15-18H2,1-4H3/t25-,26-,27-,28-,29+,30-,31-,32-,33+/m1/s1. The molecule has 16 heteroatoms. The van der Waals surface area contributed by atoms with Gasteiger partial charge in [-0.2, -0.15) is 0 Å². The van der Waals surface area contributed by atoms with Gasteiger partial charge in [0.05, 0.1) is 32.5 Å². The summed E-state index contributed by atoms with van der Waals surface area (Å²) in [5.41, 5.74) is 10.6. The van der Waals surface area contributed by atoms with Crippen LogP contribution in [-0.2, 0) is 75.0 Å². The predicted molar refractivity (Wildman–Crippen MR) is 166 cm³/mol. The highest BCUT2D eigenvalue weighted by molar-refractivity contribution is 5.68. The summed E-state index contributed by atoms with van der Waals surface area (Å²) in [5, 5.41) is 3.58. The van der Waals surface area contributed by atoms with Crippen molar-refractivity contribution in [3.05, 3.63) is 82.2 Å². The number of carbonyl (C=O) groups is 4. The van der Waals surface area contributed by atoms with Crippen molar-refractivity contribution in [2.24, 2.45) is 5.11 Å². The van der Waals surface area contributed by atoms with Crippen molar-refractivity contribution >= 4 is 23.9 Å². The van der Waals surface area contributed by atoms with Crippen molar-refractivity contribution in [3.8, 4) is 0 Å². The van der Waals surface area contributed by atoms with Gasteiger partial charge in [-0.25, -0.2) is 0 Å². The van der Waals surface area contributed by atoms with E-state index in [1.54, 1.807) is 0 Å². The van der Waals surface area contributed by atoms with E-state index in [0.29, 0.717) is 0 Å². The van der Waals surface area contributed by atoms with Crippen LogP contribution >= 0.6 is 0 Å². The minimum atomic E-state index is -1.43. The zero-order chi connectivity index (χ0) is 35.3. The molecule has 16 nitrogen and oxygen atoms in total. The fraction of sp³-hybridized carbons (Fsp3) is 0.515. The van der Waals surface area contributed by atoms with Gasteiger partial charge in [-0.1, -0.05) is 65.8 Å². The fourth-order valence-electron chi connectivity index (χ4n) is 5.44. The highest BCUT2D eigenvalue weighted by Gasteiger charge is 2.56. The molecule has 2 fully saturated rings. The second kappa shape index (κ2) is 18.3. The molecule has 2 saturated heterocycles. The Morgan fingerprint density at radius 2 is 1.18 bits per heavy atom. The first-order valence-electron chi connectivity index (χ1n) is 15.5. The van der Waals surface area contributed by atoms with E-state index in [0.717, 1.165) is 25.0 Å². The summed E-state index contributed by atoms with van der Waals surface area (Å²) in [6.07, 6.45) is -11.4. The van der Waals surface area contributed by atoms with E-state index in [9.17, 15) is 19.2 Å². The van der Waals surface area contributed by atoms with E-state index < -0.39 is 79.2 Å². The summed E-state index contributed by atoms with van der Waals surface area (Å²) in [7, 11) is 0. The Morgan fingerprint density at radius 3 is 1.76 bits per heavy atom. The van der Waals surface area contributed by atoms with Crippen molar-refractivity contribution in [2.45, 2.75) is 96.2 Å². The molecule has 0 saturated carbocycles. The Balaban J connectivity index is 1.72. The average molecular weight is 686 g/mol. The number of benzene rings is 2. The lowest BCUT2D eigenvalue weighted by atomic mass is 9.97. The van der Waals surface area contributed by atoms with Gasteiger partial charge in [0.25, 0.3) is 0 Å². The highest BCUT2D eigenvalue weighted by atomic mass is 16.8. The molecule has 0 amide bonds. The van der Waals surface area contributed by atoms with Crippen LogP contribution in [0.2, 0.25) is 0 Å². The molecule has 264 valence electrons. The molecule has 2 aliphatic heterocycles. The number of ether oxygens (including phenoxy) is 9. The molecule has 0 unspecified atom stereocenters. The summed E-state index contributed by atoms with van der Waals surface area (Å²) in [6.45, 7) is 4.37. The zero-order valence-corrected chi connectivity index (χ0v) is 27.4. The average Bonchev–Trinajstić information content (AvgIpc) is 3.35. The topological polar surface area (TPSA) is 200 Å². The molecular weight excluding hydrogens is 646 g/mol. The lowest BCUT2D eigenvalue weighted by molar-refractivity contribution is -0.331. The third-order valence-electron chi connectivity index (χ3n) is 7.34. The molecule has 0 radical (unpaired) electrons. The maximum absolute atomic E-state index is 12.5. The number of azide groups is 1. The van der Waals surface area contributed by atoms with Gasteiger partial charge in [0, 0.05) is 32.6 Å². The molecule has 9 atom stereocenters. The molecule has 0 bridgehead atoms. The second-order valence-electron chi connectivity index (χ2n) is 11.2. The van der Waals surface area contributed by atoms with Crippen molar-refractivity contribution < 1.29 is 61.8 Å². The SMILES string of the molecule is CC(=O)O[C@H]1O[C@H](CN=[N+]=[N-])[C@@H](O[C@H]2O[C@H](COCc3ccccc3)[C@@H](OC(C)=O)[C@H](OC(C)=O)[C@H]2OCc2ccccc2)[C@H]1OC(C)=O. The van der Waals surface area contributed by atoms with Gasteiger partial charge in [0.1, 0.15) is 18.3 Å². The minimum Gasteiger partial charge on any atom is -0.456 e. The third kappa shape index (κ3) is 11.0. The van der Waals surface area contributed by atoms with Crippen LogP contribution < -0.4 is 0 Å². The van der Waals surface area contributed by atoms with Crippen LogP contribution in [0.15, 0.2) is 65.8 Å². The number of rotatable bonds is 15. The van der Waals surface area contributed by atoms with Crippen molar-refractivity contribution in [3.63, 3.8) is 0 Å². The fourth-order valence-corrected chi connectivity index (χ4v) is 5.44. The number of carbonyl (C=O) groups excluding carboxylic acids is 4. The van der Waals surface area contributed by atoms with Gasteiger partial charge in [-0.15, -0.1) is 0 Å². The summed E-state index contributed by atoms with van der Waals surface area (Å²) < 4.78 is 53.1. The van der Waals surface area contributed by atoms with Crippen molar-refractivity contribution in [1.29, 1.82) is 0 Å². The largest absolute Gasteiger partial charge is 0.456 e. The maximum Gasteiger partial charge on any atom is 0.305 e. The molecule has 0 spiro atoms. The van der Waals surface area contributed by atoms with Crippen LogP contribution in [0.1, 0.15) is 38.8 Å². The lowest BCUT2D eigenvalue weighted by Gasteiger charge is -2.45. The second-order valence-corrected chi connectivity index (χ2v) is 11.2. The molecule has 2 aromatic carbocycles. The molecule has 2 aromatic rings. The predicted octanol–water partition coefficient (Wildman–Crippen LogP) is 3.29. The third-order valence-corrected chi connectivity index (χ3v) is 7.34. The molecule has 4 rings (SSSR count). The molecule has 49 heavy (non-hydrogen) atoms. The summed E-state index contributed by atoms with van der Waals surface area (Å²) >= 11 is 0. The van der Waals surface area contributed by atoms with Crippen molar-refractivity contribution in [1.82, 2.24) is 0 Å². The van der Waals surface area contributed by atoms with Crippen LogP contribution in [-0.4, -0.2) is 92.3 Å². The van der Waals surface area contributed by atoms with Crippen LogP contribution in [0.4, 0.5) is 0 Å². The maximum atomic E-state index is 12.5. The Bertz CT molecular complexity index is 1460. The normalized spacial score (nSPS) is 27.7. The van der Waals surface area contributed by atoms with Crippen LogP contribution in [0.3, 0.4) is 0 Å². The number of esters is 4. The Morgan fingerprint density at radius 1 is 0.653 bits per heavy atom. The molecule has 0 N–H and O–H groups in total. The minimum absolute atomic E-state index is 0.0127. The highest BCUT2D eigenvalue weighted by Crippen LogP contribution is 2.35. The first-order valence-corrected chi connectivity index (χ1v) is 15.5. The van der Waals surface area contributed by atoms with Gasteiger partial charge in [0.2, 0.25) is 6.29 Å². The van der Waals surface area contributed by atoms with E-state index in [2.05, 4.69) is 10.0 Å². The molecule has 2 heterocycles. The first kappa shape index (κ1) is 37.3. The summed E-state index contributed by atoms with van der Waals surface area (Å²) in [4.78, 5) is 51.8. The van der Waals surface area contributed by atoms with E-state index in [1.165, 1.54) is 13.8 Å². The Hall–Kier alpha value is -4.57. The van der Waals surface area contributed by atoms with Crippen LogP contribution in [0.5, 0.6) is 0 Å². The monoisotopic (exact) mass is 685 g/mol. The van der Waals surface area contributed by atoms with E-state index in [-0.39, 0.29) is 26.4 Å². The number of hydrogen-bond acceptors (Lipinski definition) is 14. The van der Waals surface area contributed by atoms with Crippen molar-refractivity contribution in [2.75, 3.05) is 13.2 Å². The van der Waals surface area contributed by atoms with Crippen LogP contribution in [0.25, 0.3) is 10.4 Å². The van der Waals surface area contributed by atoms with Gasteiger partial charge < -0.3 is 42.6 Å². The van der Waals surface area contributed by atoms with Gasteiger partial charge in [0.15, 0.2) is 24.6 Å². The quantitative estimate of drug-likeness (QED) is 0.0870.